The smallest absolute Gasteiger partial charge is 0.316 e. The van der Waals surface area contributed by atoms with Crippen molar-refractivity contribution in [3.05, 3.63) is 16.6 Å². The number of nitrogens with one attached hydrogen (secondary N) is 1. The van der Waals surface area contributed by atoms with Gasteiger partial charge in [0.1, 0.15) is 5.01 Å². The van der Waals surface area contributed by atoms with Crippen molar-refractivity contribution in [3.8, 4) is 0 Å². The first kappa shape index (κ1) is 16.7. The van der Waals surface area contributed by atoms with Crippen molar-refractivity contribution < 1.29 is 9.53 Å². The molecule has 0 aromatic carbocycles. The molecule has 2 fully saturated rings. The summed E-state index contributed by atoms with van der Waals surface area (Å²) >= 11 is 1.71. The molecule has 3 rings (SSSR count). The summed E-state index contributed by atoms with van der Waals surface area (Å²) in [5.41, 5.74) is -0.0248. The Labute approximate surface area is 141 Å². The van der Waals surface area contributed by atoms with Crippen LogP contribution in [0.15, 0.2) is 11.6 Å². The lowest BCUT2D eigenvalue weighted by atomic mass is 9.90. The van der Waals surface area contributed by atoms with E-state index in [1.54, 1.807) is 30.3 Å². The van der Waals surface area contributed by atoms with Gasteiger partial charge in [-0.2, -0.15) is 0 Å². The van der Waals surface area contributed by atoms with Gasteiger partial charge in [0.15, 0.2) is 0 Å². The number of carbonyl (C=O) groups excluding carboxylic acids is 1. The monoisotopic (exact) mass is 338 g/mol. The van der Waals surface area contributed by atoms with E-state index in [1.165, 1.54) is 11.4 Å². The van der Waals surface area contributed by atoms with Crippen LogP contribution in [0.25, 0.3) is 0 Å². The van der Waals surface area contributed by atoms with E-state index >= 15 is 0 Å². The van der Waals surface area contributed by atoms with Crippen LogP contribution in [0.3, 0.4) is 0 Å². The summed E-state index contributed by atoms with van der Waals surface area (Å²) in [6, 6.07) is -0.0509. The normalized spacial score (nSPS) is 28.2. The highest BCUT2D eigenvalue weighted by molar-refractivity contribution is 7.09. The van der Waals surface area contributed by atoms with E-state index < -0.39 is 0 Å². The quantitative estimate of drug-likeness (QED) is 0.911. The highest BCUT2D eigenvalue weighted by Gasteiger charge is 2.43. The molecular formula is C16H26N4O2S. The second kappa shape index (κ2) is 7.15. The Bertz CT molecular complexity index is 522. The number of aromatic nitrogens is 1. The molecule has 0 bridgehead atoms. The van der Waals surface area contributed by atoms with Crippen molar-refractivity contribution in [2.24, 2.45) is 0 Å². The summed E-state index contributed by atoms with van der Waals surface area (Å²) in [5.74, 6) is 0. The maximum Gasteiger partial charge on any atom is 0.316 e. The van der Waals surface area contributed by atoms with Gasteiger partial charge >= 0.3 is 6.03 Å². The van der Waals surface area contributed by atoms with Gasteiger partial charge in [0.05, 0.1) is 18.2 Å². The fraction of sp³-hybridized carbons (Fsp3) is 0.750. The number of amides is 2. The predicted octanol–water partition coefficient (Wildman–Crippen LogP) is 1.93. The van der Waals surface area contributed by atoms with E-state index in [0.717, 1.165) is 38.9 Å². The topological polar surface area (TPSA) is 57.7 Å². The Kier molecular flexibility index (Phi) is 5.18. The third-order valence-electron chi connectivity index (χ3n) is 4.70. The largest absolute Gasteiger partial charge is 0.369 e. The van der Waals surface area contributed by atoms with E-state index in [4.69, 9.17) is 4.74 Å². The van der Waals surface area contributed by atoms with Crippen LogP contribution in [0.1, 0.15) is 30.7 Å². The number of hydrogen-bond donors (Lipinski definition) is 1. The zero-order valence-corrected chi connectivity index (χ0v) is 14.8. The van der Waals surface area contributed by atoms with E-state index in [1.807, 2.05) is 11.6 Å². The third-order valence-corrected chi connectivity index (χ3v) is 5.46. The number of rotatable bonds is 4. The Morgan fingerprint density at radius 2 is 2.43 bits per heavy atom. The minimum Gasteiger partial charge on any atom is -0.369 e. The van der Waals surface area contributed by atoms with Gasteiger partial charge < -0.3 is 15.0 Å². The Morgan fingerprint density at radius 3 is 3.17 bits per heavy atom. The number of carbonyl (C=O) groups is 1. The summed E-state index contributed by atoms with van der Waals surface area (Å²) in [7, 11) is 3.51. The summed E-state index contributed by atoms with van der Waals surface area (Å²) in [5, 5.41) is 6.15. The van der Waals surface area contributed by atoms with Crippen molar-refractivity contribution >= 4 is 17.4 Å². The maximum absolute atomic E-state index is 11.7. The standard InChI is InChI=1S/C16H26N4O2S/c1-19(2)15(21)18-10-13-4-3-5-16(22-13)6-8-20(12-16)11-14-17-7-9-23-14/h7,9,13H,3-6,8,10-12H2,1-2H3,(H,18,21)/t13-,16-/m0/s1. The van der Waals surface area contributed by atoms with Crippen LogP contribution in [-0.2, 0) is 11.3 Å². The van der Waals surface area contributed by atoms with E-state index in [-0.39, 0.29) is 17.7 Å². The molecule has 0 unspecified atom stereocenters. The first-order chi connectivity index (χ1) is 11.1. The lowest BCUT2D eigenvalue weighted by Gasteiger charge is -2.39. The molecule has 2 saturated heterocycles. The molecule has 2 amide bonds. The first-order valence-electron chi connectivity index (χ1n) is 8.30. The van der Waals surface area contributed by atoms with Gasteiger partial charge in [-0.1, -0.05) is 0 Å². The van der Waals surface area contributed by atoms with E-state index in [2.05, 4.69) is 15.2 Å². The Balaban J connectivity index is 1.50. The molecule has 1 N–H and O–H groups in total. The lowest BCUT2D eigenvalue weighted by Crippen LogP contribution is -2.48. The molecule has 1 aromatic heterocycles. The number of thiazole rings is 1. The van der Waals surface area contributed by atoms with Crippen LogP contribution in [0.5, 0.6) is 0 Å². The molecule has 2 atom stereocenters. The SMILES string of the molecule is CN(C)C(=O)NC[C@@H]1CCC[C@@]2(CCN(Cc3nccs3)C2)O1. The zero-order chi connectivity index (χ0) is 16.3. The van der Waals surface area contributed by atoms with Crippen molar-refractivity contribution in [1.82, 2.24) is 20.1 Å². The summed E-state index contributed by atoms with van der Waals surface area (Å²) in [6.07, 6.45) is 6.41. The highest BCUT2D eigenvalue weighted by Crippen LogP contribution is 2.37. The molecule has 0 radical (unpaired) electrons. The number of hydrogen-bond acceptors (Lipinski definition) is 5. The van der Waals surface area contributed by atoms with E-state index in [9.17, 15) is 4.79 Å². The second-order valence-corrected chi connectivity index (χ2v) is 7.76. The van der Waals surface area contributed by atoms with Crippen molar-refractivity contribution in [1.29, 1.82) is 0 Å². The fourth-order valence-electron chi connectivity index (χ4n) is 3.51. The Morgan fingerprint density at radius 1 is 1.57 bits per heavy atom. The molecule has 2 aliphatic rings. The fourth-order valence-corrected chi connectivity index (χ4v) is 4.17. The molecule has 1 aromatic rings. The van der Waals surface area contributed by atoms with Crippen LogP contribution < -0.4 is 5.32 Å². The highest BCUT2D eigenvalue weighted by atomic mass is 32.1. The number of urea groups is 1. The van der Waals surface area contributed by atoms with Crippen LogP contribution in [0.4, 0.5) is 4.79 Å². The molecule has 7 heteroatoms. The average Bonchev–Trinajstić information content (AvgIpc) is 3.16. The van der Waals surface area contributed by atoms with Gasteiger partial charge in [0, 0.05) is 45.3 Å². The first-order valence-corrected chi connectivity index (χ1v) is 9.18. The average molecular weight is 338 g/mol. The van der Waals surface area contributed by atoms with Gasteiger partial charge in [0.2, 0.25) is 0 Å². The predicted molar refractivity (Wildman–Crippen MR) is 90.5 cm³/mol. The minimum absolute atomic E-state index is 0.0248. The second-order valence-electron chi connectivity index (χ2n) is 6.78. The van der Waals surface area contributed by atoms with Crippen molar-refractivity contribution in [2.75, 3.05) is 33.7 Å². The maximum atomic E-state index is 11.7. The molecule has 23 heavy (non-hydrogen) atoms. The third kappa shape index (κ3) is 4.22. The van der Waals surface area contributed by atoms with Crippen LogP contribution >= 0.6 is 11.3 Å². The van der Waals surface area contributed by atoms with Crippen molar-refractivity contribution in [2.45, 2.75) is 43.9 Å². The van der Waals surface area contributed by atoms with Gasteiger partial charge in [-0.3, -0.25) is 4.90 Å². The molecule has 6 nitrogen and oxygen atoms in total. The lowest BCUT2D eigenvalue weighted by molar-refractivity contribution is -0.118. The molecule has 128 valence electrons. The zero-order valence-electron chi connectivity index (χ0n) is 14.0. The molecule has 3 heterocycles. The van der Waals surface area contributed by atoms with Crippen molar-refractivity contribution in [3.63, 3.8) is 0 Å². The Hall–Kier alpha value is -1.18. The van der Waals surface area contributed by atoms with E-state index in [0.29, 0.717) is 6.54 Å². The molecule has 0 aliphatic carbocycles. The van der Waals surface area contributed by atoms with Gasteiger partial charge in [-0.25, -0.2) is 9.78 Å². The van der Waals surface area contributed by atoms with Gasteiger partial charge in [0.25, 0.3) is 0 Å². The summed E-state index contributed by atoms with van der Waals surface area (Å²) in [6.45, 7) is 3.57. The number of ether oxygens (including phenoxy) is 1. The van der Waals surface area contributed by atoms with Gasteiger partial charge in [-0.15, -0.1) is 11.3 Å². The summed E-state index contributed by atoms with van der Waals surface area (Å²) in [4.78, 5) is 20.1. The van der Waals surface area contributed by atoms with Crippen LogP contribution in [0.2, 0.25) is 0 Å². The number of nitrogens with zero attached hydrogens (tertiary/aromatic N) is 3. The van der Waals surface area contributed by atoms with Crippen LogP contribution in [-0.4, -0.2) is 66.2 Å². The van der Waals surface area contributed by atoms with Crippen LogP contribution in [0, 0.1) is 0 Å². The summed E-state index contributed by atoms with van der Waals surface area (Å²) < 4.78 is 6.42. The number of likely N-dealkylation sites (tertiary alicyclic amines) is 1. The van der Waals surface area contributed by atoms with Gasteiger partial charge in [-0.05, 0) is 25.7 Å². The minimum atomic E-state index is -0.0509. The molecule has 0 saturated carbocycles. The molecular weight excluding hydrogens is 312 g/mol. The molecule has 2 aliphatic heterocycles. The molecule has 1 spiro atoms.